The second-order valence-electron chi connectivity index (χ2n) is 4.89. The predicted molar refractivity (Wildman–Crippen MR) is 75.4 cm³/mol. The van der Waals surface area contributed by atoms with Crippen LogP contribution in [0.5, 0.6) is 0 Å². The van der Waals surface area contributed by atoms with E-state index in [0.717, 1.165) is 13.1 Å². The van der Waals surface area contributed by atoms with Crippen molar-refractivity contribution in [3.63, 3.8) is 0 Å². The van der Waals surface area contributed by atoms with E-state index in [1.54, 1.807) is 19.4 Å². The van der Waals surface area contributed by atoms with E-state index in [9.17, 15) is 9.59 Å². The van der Waals surface area contributed by atoms with Crippen molar-refractivity contribution in [2.45, 2.75) is 19.8 Å². The molecule has 2 heterocycles. The standard InChI is InChI=1S/C13H19N5O2/c1-10(19)17(2)9-12(20)16-11-7-14-13(15-8-11)18-5-3-4-6-18/h7-8H,3-6,9H2,1-2H3,(H,16,20). The molecule has 1 N–H and O–H groups in total. The van der Waals surface area contributed by atoms with Gasteiger partial charge in [0.2, 0.25) is 17.8 Å². The second-order valence-corrected chi connectivity index (χ2v) is 4.89. The lowest BCUT2D eigenvalue weighted by molar-refractivity contribution is -0.131. The Labute approximate surface area is 118 Å². The molecule has 0 aliphatic carbocycles. The van der Waals surface area contributed by atoms with Crippen molar-refractivity contribution in [2.75, 3.05) is 36.9 Å². The average molecular weight is 277 g/mol. The largest absolute Gasteiger partial charge is 0.341 e. The Morgan fingerprint density at radius 2 is 1.90 bits per heavy atom. The molecule has 20 heavy (non-hydrogen) atoms. The summed E-state index contributed by atoms with van der Waals surface area (Å²) in [6.45, 7) is 3.40. The molecule has 108 valence electrons. The Morgan fingerprint density at radius 1 is 1.30 bits per heavy atom. The summed E-state index contributed by atoms with van der Waals surface area (Å²) in [5.74, 6) is 0.280. The minimum Gasteiger partial charge on any atom is -0.341 e. The number of rotatable bonds is 4. The maximum absolute atomic E-state index is 11.7. The van der Waals surface area contributed by atoms with Gasteiger partial charge >= 0.3 is 0 Å². The molecule has 0 radical (unpaired) electrons. The van der Waals surface area contributed by atoms with Crippen LogP contribution in [0.4, 0.5) is 11.6 Å². The number of anilines is 2. The highest BCUT2D eigenvalue weighted by molar-refractivity contribution is 5.93. The van der Waals surface area contributed by atoms with Gasteiger partial charge in [0.25, 0.3) is 0 Å². The minimum absolute atomic E-state index is 0.0171. The van der Waals surface area contributed by atoms with Gasteiger partial charge < -0.3 is 15.1 Å². The number of carbonyl (C=O) groups excluding carboxylic acids is 2. The molecule has 1 saturated heterocycles. The van der Waals surface area contributed by atoms with Gasteiger partial charge in [0, 0.05) is 27.1 Å². The van der Waals surface area contributed by atoms with Gasteiger partial charge in [-0.05, 0) is 12.8 Å². The first kappa shape index (κ1) is 14.2. The summed E-state index contributed by atoms with van der Waals surface area (Å²) in [4.78, 5) is 34.7. The maximum Gasteiger partial charge on any atom is 0.244 e. The Morgan fingerprint density at radius 3 is 2.45 bits per heavy atom. The third kappa shape index (κ3) is 3.66. The van der Waals surface area contributed by atoms with Crippen molar-refractivity contribution in [3.8, 4) is 0 Å². The summed E-state index contributed by atoms with van der Waals surface area (Å²) in [5, 5.41) is 2.67. The van der Waals surface area contributed by atoms with E-state index in [1.807, 2.05) is 0 Å². The lowest BCUT2D eigenvalue weighted by Crippen LogP contribution is -2.33. The van der Waals surface area contributed by atoms with Gasteiger partial charge in [-0.2, -0.15) is 0 Å². The molecule has 0 saturated carbocycles. The summed E-state index contributed by atoms with van der Waals surface area (Å²) >= 11 is 0. The van der Waals surface area contributed by atoms with E-state index < -0.39 is 0 Å². The van der Waals surface area contributed by atoms with Gasteiger partial charge in [-0.1, -0.05) is 0 Å². The van der Waals surface area contributed by atoms with Gasteiger partial charge in [0.05, 0.1) is 24.6 Å². The number of nitrogens with zero attached hydrogens (tertiary/aromatic N) is 4. The number of aromatic nitrogens is 2. The molecule has 1 aliphatic heterocycles. The summed E-state index contributed by atoms with van der Waals surface area (Å²) < 4.78 is 0. The van der Waals surface area contributed by atoms with Crippen LogP contribution in [0.1, 0.15) is 19.8 Å². The van der Waals surface area contributed by atoms with Crippen LogP contribution >= 0.6 is 0 Å². The number of carbonyl (C=O) groups is 2. The van der Waals surface area contributed by atoms with E-state index in [1.165, 1.54) is 24.7 Å². The predicted octanol–water partition coefficient (Wildman–Crippen LogP) is 0.494. The lowest BCUT2D eigenvalue weighted by Gasteiger charge is -2.16. The quantitative estimate of drug-likeness (QED) is 0.866. The van der Waals surface area contributed by atoms with E-state index in [2.05, 4.69) is 20.2 Å². The van der Waals surface area contributed by atoms with Crippen molar-refractivity contribution >= 4 is 23.5 Å². The first-order valence-electron chi connectivity index (χ1n) is 6.65. The number of likely N-dealkylation sites (N-methyl/N-ethyl adjacent to an activating group) is 1. The number of amides is 2. The molecular formula is C13H19N5O2. The van der Waals surface area contributed by atoms with Crippen LogP contribution < -0.4 is 10.2 Å². The fraction of sp³-hybridized carbons (Fsp3) is 0.538. The molecule has 1 aliphatic rings. The van der Waals surface area contributed by atoms with Crippen molar-refractivity contribution in [1.29, 1.82) is 0 Å². The van der Waals surface area contributed by atoms with Crippen LogP contribution in [0, 0.1) is 0 Å². The second kappa shape index (κ2) is 6.31. The highest BCUT2D eigenvalue weighted by Gasteiger charge is 2.15. The minimum atomic E-state index is -0.264. The van der Waals surface area contributed by atoms with Crippen LogP contribution in [0.3, 0.4) is 0 Å². The van der Waals surface area contributed by atoms with E-state index in [4.69, 9.17) is 0 Å². The molecule has 7 heteroatoms. The first-order valence-corrected chi connectivity index (χ1v) is 6.65. The van der Waals surface area contributed by atoms with Gasteiger partial charge in [-0.3, -0.25) is 9.59 Å². The fourth-order valence-corrected chi connectivity index (χ4v) is 1.99. The molecule has 1 aromatic heterocycles. The summed E-state index contributed by atoms with van der Waals surface area (Å²) in [5.41, 5.74) is 0.537. The molecule has 0 aromatic carbocycles. The van der Waals surface area contributed by atoms with E-state index in [0.29, 0.717) is 11.6 Å². The third-order valence-corrected chi connectivity index (χ3v) is 3.23. The average Bonchev–Trinajstić information content (AvgIpc) is 2.93. The molecule has 0 bridgehead atoms. The Bertz CT molecular complexity index is 482. The van der Waals surface area contributed by atoms with E-state index in [-0.39, 0.29) is 18.4 Å². The van der Waals surface area contributed by atoms with Gasteiger partial charge in [-0.15, -0.1) is 0 Å². The third-order valence-electron chi connectivity index (χ3n) is 3.23. The van der Waals surface area contributed by atoms with Crippen LogP contribution in [0.15, 0.2) is 12.4 Å². The molecule has 2 amide bonds. The summed E-state index contributed by atoms with van der Waals surface area (Å²) in [6, 6.07) is 0. The number of hydrogen-bond acceptors (Lipinski definition) is 5. The van der Waals surface area contributed by atoms with Crippen molar-refractivity contribution < 1.29 is 9.59 Å². The molecule has 7 nitrogen and oxygen atoms in total. The summed E-state index contributed by atoms with van der Waals surface area (Å²) in [7, 11) is 1.58. The van der Waals surface area contributed by atoms with Gasteiger partial charge in [0.15, 0.2) is 0 Å². The van der Waals surface area contributed by atoms with Gasteiger partial charge in [0.1, 0.15) is 0 Å². The van der Waals surface area contributed by atoms with Crippen molar-refractivity contribution in [1.82, 2.24) is 14.9 Å². The highest BCUT2D eigenvalue weighted by Crippen LogP contribution is 2.15. The molecule has 0 atom stereocenters. The Kier molecular flexibility index (Phi) is 4.49. The number of hydrogen-bond donors (Lipinski definition) is 1. The maximum atomic E-state index is 11.7. The zero-order valence-electron chi connectivity index (χ0n) is 11.8. The highest BCUT2D eigenvalue weighted by atomic mass is 16.2. The van der Waals surface area contributed by atoms with Crippen LogP contribution in [-0.4, -0.2) is 53.4 Å². The molecule has 0 spiro atoms. The monoisotopic (exact) mass is 277 g/mol. The fourth-order valence-electron chi connectivity index (χ4n) is 1.99. The Hall–Kier alpha value is -2.18. The molecule has 2 rings (SSSR count). The summed E-state index contributed by atoms with van der Waals surface area (Å²) in [6.07, 6.45) is 5.51. The SMILES string of the molecule is CC(=O)N(C)CC(=O)Nc1cnc(N2CCCC2)nc1. The lowest BCUT2D eigenvalue weighted by atomic mass is 10.4. The molecule has 0 unspecified atom stereocenters. The smallest absolute Gasteiger partial charge is 0.244 e. The molecule has 1 aromatic rings. The molecular weight excluding hydrogens is 258 g/mol. The molecule has 1 fully saturated rings. The van der Waals surface area contributed by atoms with Crippen LogP contribution in [0.2, 0.25) is 0 Å². The number of nitrogens with one attached hydrogen (secondary N) is 1. The topological polar surface area (TPSA) is 78.4 Å². The van der Waals surface area contributed by atoms with E-state index >= 15 is 0 Å². The normalized spacial score (nSPS) is 14.2. The Balaban J connectivity index is 1.90. The zero-order valence-corrected chi connectivity index (χ0v) is 11.8. The van der Waals surface area contributed by atoms with Gasteiger partial charge in [-0.25, -0.2) is 9.97 Å². The van der Waals surface area contributed by atoms with Crippen molar-refractivity contribution in [2.24, 2.45) is 0 Å². The first-order chi connectivity index (χ1) is 9.56. The van der Waals surface area contributed by atoms with Crippen molar-refractivity contribution in [3.05, 3.63) is 12.4 Å². The van der Waals surface area contributed by atoms with Crippen LogP contribution in [0.25, 0.3) is 0 Å². The van der Waals surface area contributed by atoms with Crippen LogP contribution in [-0.2, 0) is 9.59 Å². The zero-order chi connectivity index (χ0) is 14.5.